The Morgan fingerprint density at radius 3 is 2.48 bits per heavy atom. The molecule has 0 spiro atoms. The molecule has 0 aromatic heterocycles. The quantitative estimate of drug-likeness (QED) is 0.572. The number of piperidine rings is 1. The average molecular weight is 467 g/mol. The number of amides is 1. The van der Waals surface area contributed by atoms with E-state index >= 15 is 0 Å². The van der Waals surface area contributed by atoms with Crippen molar-refractivity contribution in [2.75, 3.05) is 26.2 Å². The van der Waals surface area contributed by atoms with E-state index < -0.39 is 16.1 Å². The van der Waals surface area contributed by atoms with Crippen molar-refractivity contribution in [2.24, 2.45) is 0 Å². The Morgan fingerprint density at radius 2 is 1.81 bits per heavy atom. The Morgan fingerprint density at radius 1 is 1.10 bits per heavy atom. The third kappa shape index (κ3) is 6.59. The summed E-state index contributed by atoms with van der Waals surface area (Å²) in [6.07, 6.45) is 2.18. The van der Waals surface area contributed by atoms with Crippen molar-refractivity contribution in [3.63, 3.8) is 0 Å². The number of carbonyl (C=O) groups is 1. The highest BCUT2D eigenvalue weighted by Crippen LogP contribution is 2.22. The topological polar surface area (TPSA) is 84.9 Å². The summed E-state index contributed by atoms with van der Waals surface area (Å²) in [6, 6.07) is 13.2. The van der Waals surface area contributed by atoms with Crippen LogP contribution in [0.25, 0.3) is 0 Å². The van der Waals surface area contributed by atoms with Gasteiger partial charge in [-0.05, 0) is 62.2 Å². The van der Waals surface area contributed by atoms with E-state index in [9.17, 15) is 13.2 Å². The van der Waals surface area contributed by atoms with Crippen LogP contribution in [0.1, 0.15) is 26.2 Å². The average Bonchev–Trinajstić information content (AvgIpc) is 2.77. The molecule has 7 nitrogen and oxygen atoms in total. The number of nitrogens with zero attached hydrogens (tertiary/aromatic N) is 1. The van der Waals surface area contributed by atoms with Crippen LogP contribution in [0.5, 0.6) is 11.5 Å². The van der Waals surface area contributed by atoms with Gasteiger partial charge in [0, 0.05) is 18.1 Å². The fourth-order valence-electron chi connectivity index (χ4n) is 3.25. The molecule has 2 aromatic carbocycles. The van der Waals surface area contributed by atoms with Gasteiger partial charge in [0.25, 0.3) is 5.91 Å². The molecular weight excluding hydrogens is 440 g/mol. The molecule has 0 bridgehead atoms. The molecule has 9 heteroatoms. The molecule has 0 saturated carbocycles. The highest BCUT2D eigenvalue weighted by molar-refractivity contribution is 7.89. The van der Waals surface area contributed by atoms with Gasteiger partial charge >= 0.3 is 0 Å². The van der Waals surface area contributed by atoms with Crippen molar-refractivity contribution in [1.29, 1.82) is 0 Å². The predicted molar refractivity (Wildman–Crippen MR) is 119 cm³/mol. The van der Waals surface area contributed by atoms with Crippen LogP contribution in [0, 0.1) is 0 Å². The molecule has 0 radical (unpaired) electrons. The van der Waals surface area contributed by atoms with Crippen LogP contribution in [0.2, 0.25) is 5.02 Å². The van der Waals surface area contributed by atoms with E-state index in [-0.39, 0.29) is 24.0 Å². The van der Waals surface area contributed by atoms with Crippen LogP contribution in [-0.4, -0.2) is 51.0 Å². The Bertz CT molecular complexity index is 976. The molecule has 31 heavy (non-hydrogen) atoms. The zero-order valence-corrected chi connectivity index (χ0v) is 19.0. The molecular formula is C22H27ClN2O5S. The van der Waals surface area contributed by atoms with E-state index in [2.05, 4.69) is 5.32 Å². The van der Waals surface area contributed by atoms with E-state index in [1.54, 1.807) is 55.5 Å². The van der Waals surface area contributed by atoms with Gasteiger partial charge in [-0.1, -0.05) is 24.1 Å². The van der Waals surface area contributed by atoms with E-state index in [4.69, 9.17) is 21.1 Å². The number of hydrogen-bond donors (Lipinski definition) is 1. The first kappa shape index (κ1) is 23.4. The predicted octanol–water partition coefficient (Wildman–Crippen LogP) is 3.48. The van der Waals surface area contributed by atoms with Gasteiger partial charge in [0.15, 0.2) is 6.10 Å². The van der Waals surface area contributed by atoms with Gasteiger partial charge < -0.3 is 14.8 Å². The van der Waals surface area contributed by atoms with Crippen molar-refractivity contribution in [3.8, 4) is 11.5 Å². The minimum absolute atomic E-state index is 0.244. The van der Waals surface area contributed by atoms with E-state index in [1.807, 2.05) is 0 Å². The number of hydrogen-bond acceptors (Lipinski definition) is 5. The van der Waals surface area contributed by atoms with E-state index in [0.717, 1.165) is 19.3 Å². The largest absolute Gasteiger partial charge is 0.492 e. The molecule has 1 heterocycles. The van der Waals surface area contributed by atoms with Gasteiger partial charge in [-0.25, -0.2) is 8.42 Å². The summed E-state index contributed by atoms with van der Waals surface area (Å²) in [4.78, 5) is 12.4. The van der Waals surface area contributed by atoms with Crippen LogP contribution < -0.4 is 14.8 Å². The number of benzene rings is 2. The van der Waals surface area contributed by atoms with Gasteiger partial charge in [0.2, 0.25) is 10.0 Å². The van der Waals surface area contributed by atoms with Crippen LogP contribution in [0.3, 0.4) is 0 Å². The Balaban J connectivity index is 1.42. The normalized spacial score (nSPS) is 15.8. The number of nitrogens with one attached hydrogen (secondary N) is 1. The lowest BCUT2D eigenvalue weighted by atomic mass is 10.2. The monoisotopic (exact) mass is 466 g/mol. The van der Waals surface area contributed by atoms with Gasteiger partial charge in [-0.15, -0.1) is 0 Å². The lowest BCUT2D eigenvalue weighted by Gasteiger charge is -2.25. The molecule has 1 amide bonds. The third-order valence-corrected chi connectivity index (χ3v) is 7.07. The second-order valence-electron chi connectivity index (χ2n) is 7.29. The fraction of sp³-hybridized carbons (Fsp3) is 0.409. The molecule has 3 rings (SSSR count). The zero-order valence-electron chi connectivity index (χ0n) is 17.4. The smallest absolute Gasteiger partial charge is 0.260 e. The first-order chi connectivity index (χ1) is 14.9. The maximum absolute atomic E-state index is 12.7. The molecule has 1 N–H and O–H groups in total. The maximum Gasteiger partial charge on any atom is 0.260 e. The highest BCUT2D eigenvalue weighted by Gasteiger charge is 2.25. The van der Waals surface area contributed by atoms with Gasteiger partial charge in [0.05, 0.1) is 11.4 Å². The summed E-state index contributed by atoms with van der Waals surface area (Å²) in [5, 5.41) is 3.28. The summed E-state index contributed by atoms with van der Waals surface area (Å²) in [5.41, 5.74) is 0. The van der Waals surface area contributed by atoms with E-state index in [1.165, 1.54) is 4.31 Å². The minimum Gasteiger partial charge on any atom is -0.492 e. The van der Waals surface area contributed by atoms with Crippen LogP contribution in [-0.2, 0) is 14.8 Å². The second-order valence-corrected chi connectivity index (χ2v) is 9.67. The van der Waals surface area contributed by atoms with Gasteiger partial charge in [-0.2, -0.15) is 4.31 Å². The fourth-order valence-corrected chi connectivity index (χ4v) is 4.94. The summed E-state index contributed by atoms with van der Waals surface area (Å²) in [6.45, 7) is 3.32. The summed E-state index contributed by atoms with van der Waals surface area (Å²) < 4.78 is 38.0. The molecule has 1 saturated heterocycles. The number of ether oxygens (including phenoxy) is 2. The van der Waals surface area contributed by atoms with Crippen LogP contribution in [0.4, 0.5) is 0 Å². The lowest BCUT2D eigenvalue weighted by Crippen LogP contribution is -2.38. The van der Waals surface area contributed by atoms with Crippen molar-refractivity contribution in [3.05, 3.63) is 53.6 Å². The Labute approximate surface area is 188 Å². The SMILES string of the molecule is CC(Oc1cccc(Cl)c1)C(=O)NCCOc1ccc(S(=O)(=O)N2CCCCC2)cc1. The zero-order chi connectivity index (χ0) is 22.3. The Kier molecular flexibility index (Phi) is 8.17. The molecule has 2 aromatic rings. The van der Waals surface area contributed by atoms with Crippen molar-refractivity contribution < 1.29 is 22.7 Å². The van der Waals surface area contributed by atoms with Crippen molar-refractivity contribution in [2.45, 2.75) is 37.2 Å². The number of halogens is 1. The van der Waals surface area contributed by atoms with Gasteiger partial charge in [0.1, 0.15) is 18.1 Å². The second kappa shape index (κ2) is 10.8. The maximum atomic E-state index is 12.7. The lowest BCUT2D eigenvalue weighted by molar-refractivity contribution is -0.127. The minimum atomic E-state index is -3.45. The van der Waals surface area contributed by atoms with Crippen molar-refractivity contribution >= 4 is 27.5 Å². The summed E-state index contributed by atoms with van der Waals surface area (Å²) in [7, 11) is -3.45. The molecule has 1 unspecified atom stereocenters. The molecule has 1 aliphatic rings. The highest BCUT2D eigenvalue weighted by atomic mass is 35.5. The first-order valence-corrected chi connectivity index (χ1v) is 12.1. The summed E-state index contributed by atoms with van der Waals surface area (Å²) >= 11 is 5.91. The molecule has 1 fully saturated rings. The molecule has 168 valence electrons. The summed E-state index contributed by atoms with van der Waals surface area (Å²) in [5.74, 6) is 0.785. The van der Waals surface area contributed by atoms with Crippen molar-refractivity contribution in [1.82, 2.24) is 9.62 Å². The number of sulfonamides is 1. The Hall–Kier alpha value is -2.29. The van der Waals surface area contributed by atoms with Crippen LogP contribution in [0.15, 0.2) is 53.4 Å². The standard InChI is InChI=1S/C22H27ClN2O5S/c1-17(30-20-7-5-6-18(23)16-20)22(26)24-12-15-29-19-8-10-21(11-9-19)31(27,28)25-13-3-2-4-14-25/h5-11,16-17H,2-4,12-15H2,1H3,(H,24,26). The number of rotatable bonds is 9. The third-order valence-electron chi connectivity index (χ3n) is 4.92. The van der Waals surface area contributed by atoms with Crippen LogP contribution >= 0.6 is 11.6 Å². The van der Waals surface area contributed by atoms with E-state index in [0.29, 0.717) is 29.6 Å². The molecule has 1 aliphatic heterocycles. The van der Waals surface area contributed by atoms with Gasteiger partial charge in [-0.3, -0.25) is 4.79 Å². The number of carbonyl (C=O) groups excluding carboxylic acids is 1. The molecule has 0 aliphatic carbocycles. The first-order valence-electron chi connectivity index (χ1n) is 10.3. The molecule has 1 atom stereocenters.